The van der Waals surface area contributed by atoms with Gasteiger partial charge in [-0.15, -0.1) is 0 Å². The molecule has 0 spiro atoms. The normalized spacial score (nSPS) is 16.0. The fourth-order valence-corrected chi connectivity index (χ4v) is 3.01. The maximum Gasteiger partial charge on any atom is 0.276 e. The molecule has 0 fully saturated rings. The van der Waals surface area contributed by atoms with Gasteiger partial charge in [0.15, 0.2) is 17.3 Å². The first-order chi connectivity index (χ1) is 13.0. The first-order valence-electron chi connectivity index (χ1n) is 8.20. The van der Waals surface area contributed by atoms with Gasteiger partial charge in [-0.2, -0.15) is 5.10 Å². The maximum atomic E-state index is 13.3. The Morgan fingerprint density at radius 3 is 2.67 bits per heavy atom. The Morgan fingerprint density at radius 2 is 1.93 bits per heavy atom. The van der Waals surface area contributed by atoms with Gasteiger partial charge in [0.05, 0.1) is 18.8 Å². The number of nitrogens with one attached hydrogen (secondary N) is 1. The number of rotatable bonds is 3. The van der Waals surface area contributed by atoms with Crippen molar-refractivity contribution in [1.29, 1.82) is 0 Å². The average Bonchev–Trinajstić information content (AvgIpc) is 3.09. The standard InChI is InChI=1S/C19H14ClF2N3O2/c20-12-3-1-11(2-4-12)18-9-25-14(10-27-18)8-17(24-25)19(26)23-13-5-6-15(21)16(22)7-13/h1-8,18H,9-10H2,(H,23,26). The van der Waals surface area contributed by atoms with Crippen molar-refractivity contribution in [3.63, 3.8) is 0 Å². The highest BCUT2D eigenvalue weighted by Crippen LogP contribution is 2.27. The van der Waals surface area contributed by atoms with Crippen LogP contribution in [0.25, 0.3) is 0 Å². The van der Waals surface area contributed by atoms with Gasteiger partial charge in [-0.1, -0.05) is 23.7 Å². The number of hydrogen-bond acceptors (Lipinski definition) is 3. The predicted molar refractivity (Wildman–Crippen MR) is 95.5 cm³/mol. The number of aromatic nitrogens is 2. The van der Waals surface area contributed by atoms with Gasteiger partial charge in [0, 0.05) is 16.8 Å². The van der Waals surface area contributed by atoms with E-state index in [1.165, 1.54) is 6.07 Å². The van der Waals surface area contributed by atoms with Gasteiger partial charge < -0.3 is 10.1 Å². The van der Waals surface area contributed by atoms with Gasteiger partial charge in [-0.25, -0.2) is 8.78 Å². The van der Waals surface area contributed by atoms with Crippen molar-refractivity contribution in [1.82, 2.24) is 9.78 Å². The van der Waals surface area contributed by atoms with E-state index in [0.717, 1.165) is 23.4 Å². The molecule has 0 bridgehead atoms. The third kappa shape index (κ3) is 3.70. The van der Waals surface area contributed by atoms with Gasteiger partial charge >= 0.3 is 0 Å². The van der Waals surface area contributed by atoms with E-state index in [9.17, 15) is 13.6 Å². The van der Waals surface area contributed by atoms with Crippen LogP contribution in [0.4, 0.5) is 14.5 Å². The number of carbonyl (C=O) groups excluding carboxylic acids is 1. The molecule has 138 valence electrons. The lowest BCUT2D eigenvalue weighted by Gasteiger charge is -2.24. The summed E-state index contributed by atoms with van der Waals surface area (Å²) < 4.78 is 33.8. The number of amides is 1. The second-order valence-electron chi connectivity index (χ2n) is 6.14. The minimum absolute atomic E-state index is 0.153. The Morgan fingerprint density at radius 1 is 1.15 bits per heavy atom. The lowest BCUT2D eigenvalue weighted by Crippen LogP contribution is -2.22. The SMILES string of the molecule is O=C(Nc1ccc(F)c(F)c1)c1cc2n(n1)CC(c1ccc(Cl)cc1)OC2. The second kappa shape index (κ2) is 7.09. The molecular weight excluding hydrogens is 376 g/mol. The minimum Gasteiger partial charge on any atom is -0.365 e. The van der Waals surface area contributed by atoms with Crippen molar-refractivity contribution in [3.8, 4) is 0 Å². The van der Waals surface area contributed by atoms with Crippen LogP contribution in [0.15, 0.2) is 48.5 Å². The highest BCUT2D eigenvalue weighted by atomic mass is 35.5. The van der Waals surface area contributed by atoms with Crippen LogP contribution in [-0.4, -0.2) is 15.7 Å². The molecule has 1 aliphatic rings. The van der Waals surface area contributed by atoms with Crippen molar-refractivity contribution in [2.45, 2.75) is 19.3 Å². The van der Waals surface area contributed by atoms with Gasteiger partial charge in [0.25, 0.3) is 5.91 Å². The number of hydrogen-bond donors (Lipinski definition) is 1. The summed E-state index contributed by atoms with van der Waals surface area (Å²) >= 11 is 5.91. The smallest absolute Gasteiger partial charge is 0.276 e. The zero-order chi connectivity index (χ0) is 19.0. The minimum atomic E-state index is -1.03. The molecule has 1 amide bonds. The third-order valence-electron chi connectivity index (χ3n) is 4.29. The fourth-order valence-electron chi connectivity index (χ4n) is 2.88. The van der Waals surface area contributed by atoms with E-state index in [1.54, 1.807) is 22.9 Å². The monoisotopic (exact) mass is 389 g/mol. The molecule has 1 aromatic heterocycles. The highest BCUT2D eigenvalue weighted by Gasteiger charge is 2.24. The lowest BCUT2D eigenvalue weighted by atomic mass is 10.1. The van der Waals surface area contributed by atoms with Crippen molar-refractivity contribution < 1.29 is 18.3 Å². The number of halogens is 3. The third-order valence-corrected chi connectivity index (χ3v) is 4.54. The highest BCUT2D eigenvalue weighted by molar-refractivity contribution is 6.30. The van der Waals surface area contributed by atoms with Gasteiger partial charge in [-0.05, 0) is 35.9 Å². The molecule has 0 aliphatic carbocycles. The Balaban J connectivity index is 1.50. The summed E-state index contributed by atoms with van der Waals surface area (Å²) in [4.78, 5) is 12.4. The van der Waals surface area contributed by atoms with Crippen LogP contribution in [0, 0.1) is 11.6 Å². The quantitative estimate of drug-likeness (QED) is 0.725. The summed E-state index contributed by atoms with van der Waals surface area (Å²) in [6, 6.07) is 12.1. The van der Waals surface area contributed by atoms with E-state index in [-0.39, 0.29) is 17.5 Å². The Kier molecular flexibility index (Phi) is 4.63. The van der Waals surface area contributed by atoms with Crippen LogP contribution < -0.4 is 5.32 Å². The first-order valence-corrected chi connectivity index (χ1v) is 8.57. The van der Waals surface area contributed by atoms with E-state index < -0.39 is 17.5 Å². The molecule has 0 saturated heterocycles. The Bertz CT molecular complexity index is 1000. The zero-order valence-corrected chi connectivity index (χ0v) is 14.7. The summed E-state index contributed by atoms with van der Waals surface area (Å²) in [5.74, 6) is -2.52. The van der Waals surface area contributed by atoms with E-state index in [1.807, 2.05) is 12.1 Å². The molecule has 1 aliphatic heterocycles. The first kappa shape index (κ1) is 17.6. The van der Waals surface area contributed by atoms with E-state index in [4.69, 9.17) is 16.3 Å². The molecule has 1 unspecified atom stereocenters. The molecule has 1 N–H and O–H groups in total. The van der Waals surface area contributed by atoms with E-state index >= 15 is 0 Å². The fraction of sp³-hybridized carbons (Fsp3) is 0.158. The topological polar surface area (TPSA) is 56.2 Å². The maximum absolute atomic E-state index is 13.3. The second-order valence-corrected chi connectivity index (χ2v) is 6.57. The number of anilines is 1. The summed E-state index contributed by atoms with van der Waals surface area (Å²) in [6.07, 6.45) is -0.197. The number of carbonyl (C=O) groups is 1. The summed E-state index contributed by atoms with van der Waals surface area (Å²) in [7, 11) is 0. The zero-order valence-electron chi connectivity index (χ0n) is 14.0. The van der Waals surface area contributed by atoms with Crippen molar-refractivity contribution >= 4 is 23.2 Å². The Labute approximate surface area is 158 Å². The molecule has 3 aromatic rings. The van der Waals surface area contributed by atoms with Crippen molar-refractivity contribution in [2.24, 2.45) is 0 Å². The lowest BCUT2D eigenvalue weighted by molar-refractivity contribution is -0.00118. The van der Waals surface area contributed by atoms with Crippen LogP contribution in [0.2, 0.25) is 5.02 Å². The molecule has 0 saturated carbocycles. The van der Waals surface area contributed by atoms with Crippen molar-refractivity contribution in [2.75, 3.05) is 5.32 Å². The number of nitrogens with zero attached hydrogens (tertiary/aromatic N) is 2. The van der Waals surface area contributed by atoms with Crippen LogP contribution in [0.3, 0.4) is 0 Å². The van der Waals surface area contributed by atoms with Crippen LogP contribution >= 0.6 is 11.6 Å². The largest absolute Gasteiger partial charge is 0.365 e. The van der Waals surface area contributed by atoms with Crippen LogP contribution in [0.5, 0.6) is 0 Å². The van der Waals surface area contributed by atoms with Crippen LogP contribution in [0.1, 0.15) is 27.8 Å². The molecule has 2 aromatic carbocycles. The summed E-state index contributed by atoms with van der Waals surface area (Å²) in [5, 5.41) is 7.46. The molecular formula is C19H14ClF2N3O2. The van der Waals surface area contributed by atoms with E-state index in [0.29, 0.717) is 18.2 Å². The van der Waals surface area contributed by atoms with Gasteiger partial charge in [0.2, 0.25) is 0 Å². The van der Waals surface area contributed by atoms with E-state index in [2.05, 4.69) is 10.4 Å². The molecule has 5 nitrogen and oxygen atoms in total. The summed E-state index contributed by atoms with van der Waals surface area (Å²) in [6.45, 7) is 0.758. The van der Waals surface area contributed by atoms with Gasteiger partial charge in [-0.3, -0.25) is 9.48 Å². The number of benzene rings is 2. The molecule has 27 heavy (non-hydrogen) atoms. The Hall–Kier alpha value is -2.77. The number of fused-ring (bicyclic) bond motifs is 1. The predicted octanol–water partition coefficient (Wildman–Crippen LogP) is 4.34. The molecule has 8 heteroatoms. The van der Waals surface area contributed by atoms with Crippen LogP contribution in [-0.2, 0) is 17.9 Å². The van der Waals surface area contributed by atoms with Gasteiger partial charge in [0.1, 0.15) is 6.10 Å². The molecule has 4 rings (SSSR count). The molecule has 1 atom stereocenters. The summed E-state index contributed by atoms with van der Waals surface area (Å²) in [5.41, 5.74) is 2.05. The molecule has 0 radical (unpaired) electrons. The van der Waals surface area contributed by atoms with Crippen molar-refractivity contribution in [3.05, 3.63) is 82.1 Å². The molecule has 2 heterocycles. The number of ether oxygens (including phenoxy) is 1. The average molecular weight is 390 g/mol.